The van der Waals surface area contributed by atoms with Gasteiger partial charge in [0.2, 0.25) is 5.91 Å². The quantitative estimate of drug-likeness (QED) is 0.865. The van der Waals surface area contributed by atoms with Crippen molar-refractivity contribution in [2.45, 2.75) is 38.8 Å². The number of carbonyl (C=O) groups is 2. The van der Waals surface area contributed by atoms with E-state index >= 15 is 0 Å². The van der Waals surface area contributed by atoms with Crippen molar-refractivity contribution in [2.24, 2.45) is 0 Å². The van der Waals surface area contributed by atoms with E-state index < -0.39 is 6.61 Å². The van der Waals surface area contributed by atoms with Gasteiger partial charge in [-0.2, -0.15) is 8.78 Å². The van der Waals surface area contributed by atoms with Crippen LogP contribution in [0.3, 0.4) is 0 Å². The molecule has 1 saturated heterocycles. The van der Waals surface area contributed by atoms with Gasteiger partial charge in [-0.25, -0.2) is 4.79 Å². The third-order valence-corrected chi connectivity index (χ3v) is 3.82. The molecule has 2 N–H and O–H groups in total. The van der Waals surface area contributed by atoms with Crippen molar-refractivity contribution in [2.75, 3.05) is 18.4 Å². The third-order valence-electron chi connectivity index (χ3n) is 3.82. The molecule has 1 aliphatic heterocycles. The summed E-state index contributed by atoms with van der Waals surface area (Å²) in [6.45, 7) is 0.226. The van der Waals surface area contributed by atoms with E-state index in [9.17, 15) is 18.4 Å². The number of anilines is 1. The van der Waals surface area contributed by atoms with Crippen LogP contribution in [0.25, 0.3) is 0 Å². The average molecular weight is 341 g/mol. The number of amides is 3. The summed E-state index contributed by atoms with van der Waals surface area (Å²) >= 11 is 0. The van der Waals surface area contributed by atoms with Gasteiger partial charge in [-0.3, -0.25) is 4.79 Å². The predicted molar refractivity (Wildman–Crippen MR) is 85.1 cm³/mol. The van der Waals surface area contributed by atoms with Gasteiger partial charge in [-0.1, -0.05) is 6.92 Å². The zero-order valence-corrected chi connectivity index (χ0v) is 13.4. The maximum Gasteiger partial charge on any atom is 0.387 e. The standard InChI is InChI=1S/C16H21F2N3O3/c1-2-14(22)21-9-7-12(8-10-21)20-16(23)19-11-3-5-13(6-4-11)24-15(17)18/h3-6,12,15H,2,7-10H2,1H3,(H2,19,20,23). The Morgan fingerprint density at radius 3 is 2.42 bits per heavy atom. The van der Waals surface area contributed by atoms with Crippen LogP contribution < -0.4 is 15.4 Å². The molecule has 6 nitrogen and oxygen atoms in total. The van der Waals surface area contributed by atoms with Gasteiger partial charge in [0, 0.05) is 31.2 Å². The number of piperidine rings is 1. The van der Waals surface area contributed by atoms with Crippen molar-refractivity contribution in [3.63, 3.8) is 0 Å². The fourth-order valence-electron chi connectivity index (χ4n) is 2.57. The van der Waals surface area contributed by atoms with Crippen molar-refractivity contribution in [3.05, 3.63) is 24.3 Å². The molecule has 1 heterocycles. The maximum absolute atomic E-state index is 12.1. The normalized spacial score (nSPS) is 15.2. The molecule has 0 saturated carbocycles. The molecule has 1 aromatic carbocycles. The minimum absolute atomic E-state index is 0.00680. The zero-order valence-electron chi connectivity index (χ0n) is 13.4. The van der Waals surface area contributed by atoms with Gasteiger partial charge in [-0.05, 0) is 37.1 Å². The Kier molecular flexibility index (Phi) is 6.34. The topological polar surface area (TPSA) is 70.7 Å². The van der Waals surface area contributed by atoms with Gasteiger partial charge < -0.3 is 20.3 Å². The molecule has 2 rings (SSSR count). The molecule has 0 atom stereocenters. The number of halogens is 2. The molecule has 8 heteroatoms. The lowest BCUT2D eigenvalue weighted by atomic mass is 10.1. The first-order valence-electron chi connectivity index (χ1n) is 7.88. The lowest BCUT2D eigenvalue weighted by Crippen LogP contribution is -2.47. The Hall–Kier alpha value is -2.38. The number of urea groups is 1. The highest BCUT2D eigenvalue weighted by molar-refractivity contribution is 5.89. The van der Waals surface area contributed by atoms with Gasteiger partial charge in [-0.15, -0.1) is 0 Å². The Morgan fingerprint density at radius 1 is 1.25 bits per heavy atom. The minimum atomic E-state index is -2.88. The number of alkyl halides is 2. The number of nitrogens with one attached hydrogen (secondary N) is 2. The summed E-state index contributed by atoms with van der Waals surface area (Å²) in [5.41, 5.74) is 0.479. The van der Waals surface area contributed by atoms with Crippen molar-refractivity contribution in [3.8, 4) is 5.75 Å². The van der Waals surface area contributed by atoms with E-state index in [2.05, 4.69) is 15.4 Å². The van der Waals surface area contributed by atoms with Crippen molar-refractivity contribution < 1.29 is 23.1 Å². The summed E-state index contributed by atoms with van der Waals surface area (Å²) < 4.78 is 28.4. The number of rotatable bonds is 5. The second kappa shape index (κ2) is 8.47. The Bertz CT molecular complexity index is 558. The van der Waals surface area contributed by atoms with Crippen LogP contribution in [-0.4, -0.2) is 42.6 Å². The largest absolute Gasteiger partial charge is 0.435 e. The van der Waals surface area contributed by atoms with Crippen LogP contribution in [0.2, 0.25) is 0 Å². The number of carbonyl (C=O) groups excluding carboxylic acids is 2. The number of benzene rings is 1. The SMILES string of the molecule is CCC(=O)N1CCC(NC(=O)Nc2ccc(OC(F)F)cc2)CC1. The fourth-order valence-corrected chi connectivity index (χ4v) is 2.57. The number of likely N-dealkylation sites (tertiary alicyclic amines) is 1. The summed E-state index contributed by atoms with van der Waals surface area (Å²) in [6, 6.07) is 5.33. The second-order valence-corrected chi connectivity index (χ2v) is 5.51. The molecule has 24 heavy (non-hydrogen) atoms. The fraction of sp³-hybridized carbons (Fsp3) is 0.500. The lowest BCUT2D eigenvalue weighted by molar-refractivity contribution is -0.131. The number of hydrogen-bond donors (Lipinski definition) is 2. The van der Waals surface area contributed by atoms with E-state index in [4.69, 9.17) is 0 Å². The molecular formula is C16H21F2N3O3. The first kappa shape index (κ1) is 18.0. The van der Waals surface area contributed by atoms with E-state index in [0.717, 1.165) is 0 Å². The van der Waals surface area contributed by atoms with E-state index in [1.165, 1.54) is 24.3 Å². The molecule has 0 spiro atoms. The smallest absolute Gasteiger partial charge is 0.387 e. The van der Waals surface area contributed by atoms with Crippen LogP contribution in [0, 0.1) is 0 Å². The van der Waals surface area contributed by atoms with E-state index in [1.807, 2.05) is 6.92 Å². The molecule has 0 unspecified atom stereocenters. The monoisotopic (exact) mass is 341 g/mol. The van der Waals surface area contributed by atoms with Crippen LogP contribution in [0.4, 0.5) is 19.3 Å². The van der Waals surface area contributed by atoms with Gasteiger partial charge in [0.25, 0.3) is 0 Å². The van der Waals surface area contributed by atoms with Gasteiger partial charge in [0.15, 0.2) is 0 Å². The van der Waals surface area contributed by atoms with Crippen LogP contribution in [0.15, 0.2) is 24.3 Å². The predicted octanol–water partition coefficient (Wildman–Crippen LogP) is 2.81. The molecule has 3 amide bonds. The van der Waals surface area contributed by atoms with Crippen LogP contribution in [0.5, 0.6) is 5.75 Å². The van der Waals surface area contributed by atoms with E-state index in [0.29, 0.717) is 38.0 Å². The minimum Gasteiger partial charge on any atom is -0.435 e. The third kappa shape index (κ3) is 5.36. The summed E-state index contributed by atoms with van der Waals surface area (Å²) in [6.07, 6.45) is 1.91. The molecule has 132 valence electrons. The van der Waals surface area contributed by atoms with Crippen LogP contribution >= 0.6 is 0 Å². The number of ether oxygens (including phenoxy) is 1. The summed E-state index contributed by atoms with van der Waals surface area (Å²) in [4.78, 5) is 25.4. The van der Waals surface area contributed by atoms with Gasteiger partial charge in [0.05, 0.1) is 0 Å². The average Bonchev–Trinajstić information content (AvgIpc) is 2.56. The zero-order chi connectivity index (χ0) is 17.5. The highest BCUT2D eigenvalue weighted by atomic mass is 19.3. The van der Waals surface area contributed by atoms with Crippen molar-refractivity contribution in [1.82, 2.24) is 10.2 Å². The van der Waals surface area contributed by atoms with Crippen LogP contribution in [-0.2, 0) is 4.79 Å². The molecular weight excluding hydrogens is 320 g/mol. The van der Waals surface area contributed by atoms with Crippen LogP contribution in [0.1, 0.15) is 26.2 Å². The Morgan fingerprint density at radius 2 is 1.88 bits per heavy atom. The molecule has 0 bridgehead atoms. The van der Waals surface area contributed by atoms with Crippen molar-refractivity contribution in [1.29, 1.82) is 0 Å². The molecule has 0 radical (unpaired) electrons. The molecule has 0 aromatic heterocycles. The van der Waals surface area contributed by atoms with E-state index in [-0.39, 0.29) is 23.7 Å². The Labute approximate surface area is 139 Å². The lowest BCUT2D eigenvalue weighted by Gasteiger charge is -2.32. The maximum atomic E-state index is 12.1. The number of nitrogens with zero attached hydrogens (tertiary/aromatic N) is 1. The van der Waals surface area contributed by atoms with Gasteiger partial charge in [0.1, 0.15) is 5.75 Å². The highest BCUT2D eigenvalue weighted by Gasteiger charge is 2.22. The van der Waals surface area contributed by atoms with Crippen molar-refractivity contribution >= 4 is 17.6 Å². The molecule has 0 aliphatic carbocycles. The molecule has 1 fully saturated rings. The second-order valence-electron chi connectivity index (χ2n) is 5.51. The first-order valence-corrected chi connectivity index (χ1v) is 7.88. The molecule has 1 aliphatic rings. The summed E-state index contributed by atoms with van der Waals surface area (Å²) in [5.74, 6) is 0.160. The summed E-state index contributed by atoms with van der Waals surface area (Å²) in [7, 11) is 0. The first-order chi connectivity index (χ1) is 11.5. The molecule has 1 aromatic rings. The number of hydrogen-bond acceptors (Lipinski definition) is 3. The van der Waals surface area contributed by atoms with E-state index in [1.54, 1.807) is 4.90 Å². The highest BCUT2D eigenvalue weighted by Crippen LogP contribution is 2.18. The Balaban J connectivity index is 1.76. The summed E-state index contributed by atoms with van der Waals surface area (Å²) in [5, 5.41) is 5.49. The van der Waals surface area contributed by atoms with Gasteiger partial charge >= 0.3 is 12.6 Å².